The van der Waals surface area contributed by atoms with Crippen LogP contribution in [0, 0.1) is 0 Å². The van der Waals surface area contributed by atoms with Crippen molar-refractivity contribution in [2.24, 2.45) is 0 Å². The van der Waals surface area contributed by atoms with Gasteiger partial charge >= 0.3 is 0 Å². The quantitative estimate of drug-likeness (QED) is 0.762. The van der Waals surface area contributed by atoms with Crippen molar-refractivity contribution in [2.45, 2.75) is 25.9 Å². The number of amides is 1. The molecule has 1 unspecified atom stereocenters. The van der Waals surface area contributed by atoms with Gasteiger partial charge in [0.15, 0.2) is 0 Å². The summed E-state index contributed by atoms with van der Waals surface area (Å²) in [6.45, 7) is 3.27. The second-order valence-electron chi connectivity index (χ2n) is 4.71. The molecule has 2 aromatic rings. The Morgan fingerprint density at radius 1 is 1.20 bits per heavy atom. The Bertz CT molecular complexity index is 509. The van der Waals surface area contributed by atoms with Crippen molar-refractivity contribution in [1.29, 1.82) is 0 Å². The highest BCUT2D eigenvalue weighted by molar-refractivity contribution is 5.76. The van der Waals surface area contributed by atoms with Crippen LogP contribution in [-0.2, 0) is 11.3 Å². The number of benzene rings is 1. The molecule has 1 aromatic carbocycles. The van der Waals surface area contributed by atoms with Crippen LogP contribution in [-0.4, -0.2) is 12.5 Å². The first-order valence-electron chi connectivity index (χ1n) is 6.83. The van der Waals surface area contributed by atoms with Crippen molar-refractivity contribution in [3.63, 3.8) is 0 Å². The molecular formula is C16H20N2O2. The van der Waals surface area contributed by atoms with Crippen LogP contribution in [0.3, 0.4) is 0 Å². The molecule has 1 heterocycles. The van der Waals surface area contributed by atoms with Crippen molar-refractivity contribution >= 4 is 5.91 Å². The third kappa shape index (κ3) is 4.55. The molecule has 2 rings (SSSR count). The monoisotopic (exact) mass is 272 g/mol. The summed E-state index contributed by atoms with van der Waals surface area (Å²) in [6, 6.07) is 13.7. The molecule has 0 radical (unpaired) electrons. The summed E-state index contributed by atoms with van der Waals surface area (Å²) in [4.78, 5) is 11.8. The Kier molecular flexibility index (Phi) is 5.38. The Balaban J connectivity index is 1.65. The second kappa shape index (κ2) is 7.50. The molecular weight excluding hydrogens is 252 g/mol. The van der Waals surface area contributed by atoms with Crippen LogP contribution in [0.15, 0.2) is 53.1 Å². The number of furan rings is 1. The van der Waals surface area contributed by atoms with Crippen LogP contribution in [0.5, 0.6) is 0 Å². The largest absolute Gasteiger partial charge is 0.468 e. The zero-order valence-electron chi connectivity index (χ0n) is 11.6. The summed E-state index contributed by atoms with van der Waals surface area (Å²) < 4.78 is 5.20. The van der Waals surface area contributed by atoms with Crippen LogP contribution >= 0.6 is 0 Å². The van der Waals surface area contributed by atoms with Gasteiger partial charge in [0.1, 0.15) is 5.76 Å². The van der Waals surface area contributed by atoms with E-state index < -0.39 is 0 Å². The normalized spacial score (nSPS) is 12.1. The summed E-state index contributed by atoms with van der Waals surface area (Å²) in [5.74, 6) is 0.927. The Hall–Kier alpha value is -2.07. The van der Waals surface area contributed by atoms with Gasteiger partial charge in [0.2, 0.25) is 5.91 Å². The van der Waals surface area contributed by atoms with Crippen LogP contribution in [0.25, 0.3) is 0 Å². The lowest BCUT2D eigenvalue weighted by molar-refractivity contribution is -0.121. The van der Waals surface area contributed by atoms with Gasteiger partial charge in [0.05, 0.1) is 18.8 Å². The topological polar surface area (TPSA) is 54.3 Å². The molecule has 1 amide bonds. The van der Waals surface area contributed by atoms with E-state index in [0.717, 1.165) is 11.3 Å². The highest BCUT2D eigenvalue weighted by Gasteiger charge is 2.08. The minimum absolute atomic E-state index is 0.0359. The molecule has 1 aromatic heterocycles. The van der Waals surface area contributed by atoms with Crippen molar-refractivity contribution in [3.05, 3.63) is 60.1 Å². The van der Waals surface area contributed by atoms with E-state index >= 15 is 0 Å². The number of hydrogen-bond acceptors (Lipinski definition) is 3. The molecule has 106 valence electrons. The van der Waals surface area contributed by atoms with Crippen molar-refractivity contribution < 1.29 is 9.21 Å². The molecule has 0 aliphatic rings. The molecule has 0 saturated carbocycles. The molecule has 0 aliphatic carbocycles. The standard InChI is InChI=1S/C16H20N2O2/c1-13(14-6-3-2-4-7-14)18-16(19)9-10-17-12-15-8-5-11-20-15/h2-8,11,13,17H,9-10,12H2,1H3,(H,18,19). The van der Waals surface area contributed by atoms with E-state index in [2.05, 4.69) is 10.6 Å². The summed E-state index contributed by atoms with van der Waals surface area (Å²) in [5.41, 5.74) is 1.12. The first kappa shape index (κ1) is 14.3. The Morgan fingerprint density at radius 2 is 2.00 bits per heavy atom. The van der Waals surface area contributed by atoms with E-state index in [-0.39, 0.29) is 11.9 Å². The number of rotatable bonds is 7. The molecule has 4 nitrogen and oxygen atoms in total. The predicted octanol–water partition coefficient (Wildman–Crippen LogP) is 2.64. The molecule has 1 atom stereocenters. The molecule has 0 bridgehead atoms. The molecule has 20 heavy (non-hydrogen) atoms. The Labute approximate surface area is 119 Å². The first-order valence-corrected chi connectivity index (χ1v) is 6.83. The van der Waals surface area contributed by atoms with E-state index in [1.807, 2.05) is 49.4 Å². The van der Waals surface area contributed by atoms with Crippen molar-refractivity contribution in [2.75, 3.05) is 6.54 Å². The molecule has 0 saturated heterocycles. The van der Waals surface area contributed by atoms with E-state index in [1.165, 1.54) is 0 Å². The van der Waals surface area contributed by atoms with Crippen molar-refractivity contribution in [1.82, 2.24) is 10.6 Å². The number of hydrogen-bond donors (Lipinski definition) is 2. The molecule has 2 N–H and O–H groups in total. The fourth-order valence-electron chi connectivity index (χ4n) is 1.97. The minimum atomic E-state index is 0.0359. The average Bonchev–Trinajstić information content (AvgIpc) is 2.98. The van der Waals surface area contributed by atoms with Gasteiger partial charge in [-0.1, -0.05) is 30.3 Å². The molecule has 0 aliphatic heterocycles. The fourth-order valence-corrected chi connectivity index (χ4v) is 1.97. The maximum Gasteiger partial charge on any atom is 0.221 e. The minimum Gasteiger partial charge on any atom is -0.468 e. The van der Waals surface area contributed by atoms with Crippen LogP contribution in [0.2, 0.25) is 0 Å². The predicted molar refractivity (Wildman–Crippen MR) is 78.0 cm³/mol. The lowest BCUT2D eigenvalue weighted by atomic mass is 10.1. The summed E-state index contributed by atoms with van der Waals surface area (Å²) in [5, 5.41) is 6.16. The van der Waals surface area contributed by atoms with Gasteiger partial charge in [-0.25, -0.2) is 0 Å². The Morgan fingerprint density at radius 3 is 2.70 bits per heavy atom. The number of carbonyl (C=O) groups excluding carboxylic acids is 1. The summed E-state index contributed by atoms with van der Waals surface area (Å²) >= 11 is 0. The number of carbonyl (C=O) groups is 1. The van der Waals surface area contributed by atoms with E-state index in [1.54, 1.807) is 6.26 Å². The third-order valence-electron chi connectivity index (χ3n) is 3.09. The van der Waals surface area contributed by atoms with E-state index in [9.17, 15) is 4.79 Å². The lowest BCUT2D eigenvalue weighted by Crippen LogP contribution is -2.29. The SMILES string of the molecule is CC(NC(=O)CCNCc1ccco1)c1ccccc1. The fraction of sp³-hybridized carbons (Fsp3) is 0.312. The average molecular weight is 272 g/mol. The molecule has 0 fully saturated rings. The van der Waals surface area contributed by atoms with Gasteiger partial charge in [0, 0.05) is 13.0 Å². The van der Waals surface area contributed by atoms with Crippen molar-refractivity contribution in [3.8, 4) is 0 Å². The smallest absolute Gasteiger partial charge is 0.221 e. The lowest BCUT2D eigenvalue weighted by Gasteiger charge is -2.14. The van der Waals surface area contributed by atoms with Crippen LogP contribution in [0.4, 0.5) is 0 Å². The van der Waals surface area contributed by atoms with E-state index in [4.69, 9.17) is 4.42 Å². The number of nitrogens with one attached hydrogen (secondary N) is 2. The summed E-state index contributed by atoms with van der Waals surface area (Å²) in [7, 11) is 0. The first-order chi connectivity index (χ1) is 9.75. The molecule has 4 heteroatoms. The van der Waals surface area contributed by atoms with Gasteiger partial charge in [0.25, 0.3) is 0 Å². The van der Waals surface area contributed by atoms with Gasteiger partial charge in [-0.3, -0.25) is 4.79 Å². The summed E-state index contributed by atoms with van der Waals surface area (Å²) in [6.07, 6.45) is 2.10. The van der Waals surface area contributed by atoms with Gasteiger partial charge in [-0.15, -0.1) is 0 Å². The maximum atomic E-state index is 11.8. The van der Waals surface area contributed by atoms with Gasteiger partial charge in [-0.2, -0.15) is 0 Å². The van der Waals surface area contributed by atoms with Crippen LogP contribution < -0.4 is 10.6 Å². The highest BCUT2D eigenvalue weighted by atomic mass is 16.3. The highest BCUT2D eigenvalue weighted by Crippen LogP contribution is 2.10. The van der Waals surface area contributed by atoms with Gasteiger partial charge < -0.3 is 15.1 Å². The van der Waals surface area contributed by atoms with Crippen LogP contribution in [0.1, 0.15) is 30.7 Å². The zero-order valence-corrected chi connectivity index (χ0v) is 11.6. The van der Waals surface area contributed by atoms with Gasteiger partial charge in [-0.05, 0) is 24.6 Å². The molecule has 0 spiro atoms. The third-order valence-corrected chi connectivity index (χ3v) is 3.09. The zero-order chi connectivity index (χ0) is 14.2. The second-order valence-corrected chi connectivity index (χ2v) is 4.71. The van der Waals surface area contributed by atoms with E-state index in [0.29, 0.717) is 19.5 Å². The maximum absolute atomic E-state index is 11.8.